The fourth-order valence-corrected chi connectivity index (χ4v) is 4.57. The van der Waals surface area contributed by atoms with Gasteiger partial charge in [-0.25, -0.2) is 4.98 Å². The molecule has 3 heterocycles. The van der Waals surface area contributed by atoms with E-state index in [1.807, 2.05) is 22.7 Å². The fourth-order valence-electron chi connectivity index (χ4n) is 4.19. The first kappa shape index (κ1) is 21.0. The van der Waals surface area contributed by atoms with Crippen LogP contribution >= 0.6 is 15.9 Å². The molecule has 0 radical (unpaired) electrons. The molecule has 2 aromatic carbocycles. The number of methoxy groups -OCH3 is 1. The zero-order valence-electron chi connectivity index (χ0n) is 18.3. The molecule has 4 aromatic rings. The van der Waals surface area contributed by atoms with Crippen LogP contribution in [0, 0.1) is 6.92 Å². The van der Waals surface area contributed by atoms with Crippen molar-refractivity contribution in [3.63, 3.8) is 0 Å². The normalized spacial score (nSPS) is 17.1. The number of ether oxygens (including phenoxy) is 3. The highest BCUT2D eigenvalue weighted by atomic mass is 79.9. The predicted molar refractivity (Wildman–Crippen MR) is 128 cm³/mol. The third kappa shape index (κ3) is 3.78. The number of aromatic nitrogens is 3. The van der Waals surface area contributed by atoms with Gasteiger partial charge in [0.2, 0.25) is 5.78 Å². The molecule has 2 atom stereocenters. The second-order valence-electron chi connectivity index (χ2n) is 8.00. The molecule has 2 aromatic heterocycles. The number of hydrogen-bond donors (Lipinski definition) is 1. The van der Waals surface area contributed by atoms with Crippen molar-refractivity contribution in [2.24, 2.45) is 0 Å². The molecule has 0 saturated carbocycles. The van der Waals surface area contributed by atoms with Crippen LogP contribution in [0.3, 0.4) is 0 Å². The Morgan fingerprint density at radius 2 is 2.16 bits per heavy atom. The van der Waals surface area contributed by atoms with Crippen molar-refractivity contribution in [3.8, 4) is 11.5 Å². The minimum absolute atomic E-state index is 0.0194. The number of hydrogen-bond acceptors (Lipinski definition) is 6. The number of rotatable bonds is 6. The highest BCUT2D eigenvalue weighted by Gasteiger charge is 2.22. The first-order valence-corrected chi connectivity index (χ1v) is 11.4. The van der Waals surface area contributed by atoms with Crippen LogP contribution in [0.5, 0.6) is 11.5 Å². The van der Waals surface area contributed by atoms with Gasteiger partial charge in [-0.1, -0.05) is 28.1 Å². The van der Waals surface area contributed by atoms with Crippen LogP contribution < -0.4 is 14.8 Å². The number of nitrogens with zero attached hydrogens (tertiary/aromatic N) is 3. The Bertz CT molecular complexity index is 1280. The highest BCUT2D eigenvalue weighted by Crippen LogP contribution is 2.37. The van der Waals surface area contributed by atoms with Gasteiger partial charge in [-0.05, 0) is 37.1 Å². The third-order valence-electron chi connectivity index (χ3n) is 5.94. The van der Waals surface area contributed by atoms with Gasteiger partial charge in [-0.15, -0.1) is 0 Å². The van der Waals surface area contributed by atoms with Crippen molar-refractivity contribution in [1.29, 1.82) is 0 Å². The first-order chi connectivity index (χ1) is 15.5. The van der Waals surface area contributed by atoms with E-state index in [0.29, 0.717) is 30.5 Å². The SMILES string of the molecule is COc1cc2c(cc1OC1CCOC1)c(NC(C)c1cccc(Br)c1C)nc1nccn12. The van der Waals surface area contributed by atoms with Crippen LogP contribution in [0.15, 0.2) is 47.2 Å². The Labute approximate surface area is 194 Å². The van der Waals surface area contributed by atoms with Crippen molar-refractivity contribution < 1.29 is 14.2 Å². The maximum absolute atomic E-state index is 6.24. The second kappa shape index (κ2) is 8.60. The van der Waals surface area contributed by atoms with Gasteiger partial charge in [-0.2, -0.15) is 4.98 Å². The lowest BCUT2D eigenvalue weighted by Gasteiger charge is -2.21. The largest absolute Gasteiger partial charge is 0.493 e. The molecule has 1 aliphatic rings. The van der Waals surface area contributed by atoms with Crippen LogP contribution in [0.25, 0.3) is 16.7 Å². The number of imidazole rings is 1. The summed E-state index contributed by atoms with van der Waals surface area (Å²) in [6.07, 6.45) is 4.54. The van der Waals surface area contributed by atoms with Gasteiger partial charge in [0.05, 0.1) is 31.9 Å². The van der Waals surface area contributed by atoms with Crippen LogP contribution in [0.1, 0.15) is 30.5 Å². The van der Waals surface area contributed by atoms with Crippen molar-refractivity contribution in [2.75, 3.05) is 25.6 Å². The van der Waals surface area contributed by atoms with Gasteiger partial charge >= 0.3 is 0 Å². The van der Waals surface area contributed by atoms with Crippen LogP contribution in [-0.2, 0) is 4.74 Å². The zero-order chi connectivity index (χ0) is 22.2. The molecular weight excluding hydrogens is 472 g/mol. The summed E-state index contributed by atoms with van der Waals surface area (Å²) >= 11 is 3.64. The van der Waals surface area contributed by atoms with E-state index in [-0.39, 0.29) is 12.1 Å². The molecule has 0 aliphatic carbocycles. The van der Waals surface area contributed by atoms with Crippen molar-refractivity contribution in [3.05, 3.63) is 58.3 Å². The zero-order valence-corrected chi connectivity index (χ0v) is 19.8. The molecule has 1 N–H and O–H groups in total. The number of halogens is 1. The Kier molecular flexibility index (Phi) is 5.65. The maximum atomic E-state index is 6.24. The molecule has 2 unspecified atom stereocenters. The number of fused-ring (bicyclic) bond motifs is 3. The Morgan fingerprint density at radius 3 is 2.94 bits per heavy atom. The minimum Gasteiger partial charge on any atom is -0.493 e. The molecule has 32 heavy (non-hydrogen) atoms. The molecule has 7 nitrogen and oxygen atoms in total. The summed E-state index contributed by atoms with van der Waals surface area (Å²) in [5.74, 6) is 2.73. The van der Waals surface area contributed by atoms with E-state index < -0.39 is 0 Å². The number of anilines is 1. The molecule has 5 rings (SSSR count). The van der Waals surface area contributed by atoms with E-state index in [1.165, 1.54) is 11.1 Å². The Hall–Kier alpha value is -2.84. The molecule has 8 heteroatoms. The average Bonchev–Trinajstić information content (AvgIpc) is 3.47. The summed E-state index contributed by atoms with van der Waals surface area (Å²) in [4.78, 5) is 9.24. The van der Waals surface area contributed by atoms with E-state index in [0.717, 1.165) is 27.6 Å². The van der Waals surface area contributed by atoms with Gasteiger partial charge < -0.3 is 19.5 Å². The Morgan fingerprint density at radius 1 is 1.28 bits per heavy atom. The van der Waals surface area contributed by atoms with E-state index >= 15 is 0 Å². The van der Waals surface area contributed by atoms with Gasteiger partial charge in [0, 0.05) is 34.7 Å². The van der Waals surface area contributed by atoms with Gasteiger partial charge in [0.25, 0.3) is 0 Å². The van der Waals surface area contributed by atoms with Crippen molar-refractivity contribution in [1.82, 2.24) is 14.4 Å². The summed E-state index contributed by atoms with van der Waals surface area (Å²) in [6, 6.07) is 10.3. The van der Waals surface area contributed by atoms with E-state index in [2.05, 4.69) is 58.3 Å². The molecule has 1 saturated heterocycles. The monoisotopic (exact) mass is 496 g/mol. The van der Waals surface area contributed by atoms with Crippen LogP contribution in [0.2, 0.25) is 0 Å². The van der Waals surface area contributed by atoms with E-state index in [1.54, 1.807) is 13.3 Å². The van der Waals surface area contributed by atoms with Gasteiger partial charge in [0.15, 0.2) is 11.5 Å². The summed E-state index contributed by atoms with van der Waals surface area (Å²) in [7, 11) is 1.66. The molecule has 1 aliphatic heterocycles. The third-order valence-corrected chi connectivity index (χ3v) is 6.80. The lowest BCUT2D eigenvalue weighted by Crippen LogP contribution is -2.16. The molecule has 1 fully saturated rings. The molecular formula is C24H25BrN4O3. The second-order valence-corrected chi connectivity index (χ2v) is 8.86. The molecule has 0 bridgehead atoms. The van der Waals surface area contributed by atoms with Crippen LogP contribution in [0.4, 0.5) is 5.82 Å². The fraction of sp³-hybridized carbons (Fsp3) is 0.333. The first-order valence-electron chi connectivity index (χ1n) is 10.7. The van der Waals surface area contributed by atoms with E-state index in [9.17, 15) is 0 Å². The van der Waals surface area contributed by atoms with Gasteiger partial charge in [0.1, 0.15) is 11.9 Å². The van der Waals surface area contributed by atoms with E-state index in [4.69, 9.17) is 19.2 Å². The maximum Gasteiger partial charge on any atom is 0.236 e. The topological polar surface area (TPSA) is 69.9 Å². The Balaban J connectivity index is 1.62. The molecule has 0 spiro atoms. The van der Waals surface area contributed by atoms with Crippen molar-refractivity contribution in [2.45, 2.75) is 32.4 Å². The lowest BCUT2D eigenvalue weighted by molar-refractivity contribution is 0.139. The minimum atomic E-state index is 0.0194. The molecule has 0 amide bonds. The summed E-state index contributed by atoms with van der Waals surface area (Å²) in [5, 5.41) is 4.54. The number of nitrogens with one attached hydrogen (secondary N) is 1. The predicted octanol–water partition coefficient (Wildman–Crippen LogP) is 5.30. The summed E-state index contributed by atoms with van der Waals surface area (Å²) < 4.78 is 20.4. The standard InChI is InChI=1S/C24H25BrN4O3/c1-14-17(5-4-6-19(14)25)15(2)27-23-18-11-22(32-16-7-10-31-13-16)21(30-3)12-20(18)29-9-8-26-24(29)28-23/h4-6,8-9,11-12,15-16H,7,10,13H2,1-3H3,(H,26,27,28). The quantitative estimate of drug-likeness (QED) is 0.390. The average molecular weight is 497 g/mol. The smallest absolute Gasteiger partial charge is 0.236 e. The highest BCUT2D eigenvalue weighted by molar-refractivity contribution is 9.10. The molecule has 166 valence electrons. The lowest BCUT2D eigenvalue weighted by atomic mass is 10.0. The summed E-state index contributed by atoms with van der Waals surface area (Å²) in [6.45, 7) is 5.55. The van der Waals surface area contributed by atoms with Gasteiger partial charge in [-0.3, -0.25) is 4.40 Å². The number of benzene rings is 2. The van der Waals surface area contributed by atoms with Crippen LogP contribution in [-0.4, -0.2) is 40.8 Å². The summed E-state index contributed by atoms with van der Waals surface area (Å²) in [5.41, 5.74) is 3.34. The van der Waals surface area contributed by atoms with Crippen molar-refractivity contribution >= 4 is 38.4 Å².